The van der Waals surface area contributed by atoms with Crippen molar-refractivity contribution in [3.63, 3.8) is 0 Å². The van der Waals surface area contributed by atoms with Crippen molar-refractivity contribution >= 4 is 55.6 Å². The fraction of sp³-hybridized carbons (Fsp3) is 0.0714. The molecular formula is C14H8BrClN4O2. The number of amides is 1. The van der Waals surface area contributed by atoms with Crippen LogP contribution in [0.4, 0.5) is 4.79 Å². The summed E-state index contributed by atoms with van der Waals surface area (Å²) in [7, 11) is 1.45. The van der Waals surface area contributed by atoms with Crippen molar-refractivity contribution in [2.75, 3.05) is 7.05 Å². The van der Waals surface area contributed by atoms with E-state index in [0.717, 1.165) is 4.47 Å². The zero-order chi connectivity index (χ0) is 15.9. The molecule has 0 radical (unpaired) electrons. The highest BCUT2D eigenvalue weighted by Crippen LogP contribution is 2.38. The van der Waals surface area contributed by atoms with E-state index in [9.17, 15) is 10.1 Å². The van der Waals surface area contributed by atoms with Gasteiger partial charge in [0, 0.05) is 34.6 Å². The van der Waals surface area contributed by atoms with Crippen LogP contribution in [0.15, 0.2) is 22.8 Å². The molecular weight excluding hydrogens is 372 g/mol. The Balaban J connectivity index is 2.43. The van der Waals surface area contributed by atoms with Gasteiger partial charge in [-0.25, -0.2) is 9.78 Å². The number of hydrogen-bond donors (Lipinski definition) is 2. The first-order chi connectivity index (χ1) is 10.5. The molecule has 1 aromatic carbocycles. The topological polar surface area (TPSA) is 90.8 Å². The Morgan fingerprint density at radius 1 is 1.55 bits per heavy atom. The number of pyridine rings is 1. The van der Waals surface area contributed by atoms with Gasteiger partial charge in [-0.05, 0) is 22.0 Å². The molecule has 2 N–H and O–H groups in total. The molecule has 0 aliphatic heterocycles. The van der Waals surface area contributed by atoms with Gasteiger partial charge in [0.05, 0.1) is 16.1 Å². The number of nitrogens with zero attached hydrogens (tertiary/aromatic N) is 2. The zero-order valence-electron chi connectivity index (χ0n) is 11.2. The fourth-order valence-corrected chi connectivity index (χ4v) is 2.78. The lowest BCUT2D eigenvalue weighted by molar-refractivity contribution is 0.203. The largest absolute Gasteiger partial charge is 0.412 e. The molecule has 3 aromatic rings. The molecule has 0 aliphatic carbocycles. The van der Waals surface area contributed by atoms with Crippen LogP contribution in [-0.4, -0.2) is 23.1 Å². The number of nitriles is 1. The van der Waals surface area contributed by atoms with E-state index in [1.165, 1.54) is 13.1 Å². The third-order valence-corrected chi connectivity index (χ3v) is 3.86. The van der Waals surface area contributed by atoms with E-state index in [-0.39, 0.29) is 10.8 Å². The average molecular weight is 380 g/mol. The fourth-order valence-electron chi connectivity index (χ4n) is 2.21. The number of carbonyl (C=O) groups excluding carboxylic acids is 1. The van der Waals surface area contributed by atoms with Crippen LogP contribution in [0, 0.1) is 11.3 Å². The summed E-state index contributed by atoms with van der Waals surface area (Å²) in [6.45, 7) is 0. The van der Waals surface area contributed by atoms with Gasteiger partial charge in [-0.1, -0.05) is 11.6 Å². The molecule has 0 saturated heterocycles. The molecule has 1 amide bonds. The van der Waals surface area contributed by atoms with Crippen molar-refractivity contribution in [3.05, 3.63) is 33.4 Å². The Bertz CT molecular complexity index is 961. The van der Waals surface area contributed by atoms with Crippen molar-refractivity contribution in [1.82, 2.24) is 15.3 Å². The van der Waals surface area contributed by atoms with E-state index < -0.39 is 6.09 Å². The van der Waals surface area contributed by atoms with Gasteiger partial charge in [0.15, 0.2) is 5.75 Å². The summed E-state index contributed by atoms with van der Waals surface area (Å²) < 4.78 is 5.96. The van der Waals surface area contributed by atoms with E-state index in [2.05, 4.69) is 37.3 Å². The number of benzene rings is 1. The second-order valence-corrected chi connectivity index (χ2v) is 5.73. The Morgan fingerprint density at radius 3 is 3.00 bits per heavy atom. The van der Waals surface area contributed by atoms with Crippen molar-refractivity contribution in [3.8, 4) is 11.8 Å². The van der Waals surface area contributed by atoms with Crippen LogP contribution in [0.1, 0.15) is 5.56 Å². The number of H-pyrrole nitrogens is 1. The summed E-state index contributed by atoms with van der Waals surface area (Å²) in [6.07, 6.45) is 1.000. The van der Waals surface area contributed by atoms with Gasteiger partial charge in [0.2, 0.25) is 0 Å². The molecule has 0 saturated carbocycles. The third-order valence-electron chi connectivity index (χ3n) is 3.13. The number of hydrogen-bond acceptors (Lipinski definition) is 4. The minimum atomic E-state index is -0.630. The molecule has 0 fully saturated rings. The summed E-state index contributed by atoms with van der Waals surface area (Å²) in [5.41, 5.74) is 1.36. The number of fused-ring (bicyclic) bond motifs is 3. The molecule has 6 nitrogen and oxygen atoms in total. The zero-order valence-corrected chi connectivity index (χ0v) is 13.5. The molecule has 0 aliphatic rings. The van der Waals surface area contributed by atoms with Crippen molar-refractivity contribution in [2.24, 2.45) is 0 Å². The lowest BCUT2D eigenvalue weighted by atomic mass is 10.1. The molecule has 0 bridgehead atoms. The molecule has 8 heteroatoms. The lowest BCUT2D eigenvalue weighted by Crippen LogP contribution is -2.22. The second kappa shape index (κ2) is 5.48. The van der Waals surface area contributed by atoms with Gasteiger partial charge in [-0.2, -0.15) is 5.26 Å². The quantitative estimate of drug-likeness (QED) is 0.674. The molecule has 2 heterocycles. The van der Waals surface area contributed by atoms with Gasteiger partial charge in [-0.3, -0.25) is 0 Å². The number of ether oxygens (including phenoxy) is 1. The lowest BCUT2D eigenvalue weighted by Gasteiger charge is -2.07. The Kier molecular flexibility index (Phi) is 3.64. The molecule has 22 heavy (non-hydrogen) atoms. The van der Waals surface area contributed by atoms with Crippen LogP contribution in [0.5, 0.6) is 5.75 Å². The van der Waals surface area contributed by atoms with Gasteiger partial charge >= 0.3 is 6.09 Å². The minimum absolute atomic E-state index is 0.203. The number of aromatic nitrogens is 2. The Morgan fingerprint density at radius 2 is 2.32 bits per heavy atom. The third kappa shape index (κ3) is 2.26. The van der Waals surface area contributed by atoms with Crippen molar-refractivity contribution < 1.29 is 9.53 Å². The van der Waals surface area contributed by atoms with Crippen LogP contribution < -0.4 is 10.1 Å². The minimum Gasteiger partial charge on any atom is -0.408 e. The number of carbonyl (C=O) groups is 1. The summed E-state index contributed by atoms with van der Waals surface area (Å²) in [4.78, 5) is 18.8. The molecule has 110 valence electrons. The number of halogens is 2. The van der Waals surface area contributed by atoms with E-state index in [1.807, 2.05) is 6.07 Å². The van der Waals surface area contributed by atoms with Crippen LogP contribution in [-0.2, 0) is 0 Å². The van der Waals surface area contributed by atoms with E-state index in [1.54, 1.807) is 6.20 Å². The van der Waals surface area contributed by atoms with Crippen LogP contribution in [0.3, 0.4) is 0 Å². The van der Waals surface area contributed by atoms with Crippen molar-refractivity contribution in [1.29, 1.82) is 5.26 Å². The van der Waals surface area contributed by atoms with E-state index >= 15 is 0 Å². The average Bonchev–Trinajstić information content (AvgIpc) is 2.86. The number of nitrogens with one attached hydrogen (secondary N) is 2. The smallest absolute Gasteiger partial charge is 0.408 e. The molecule has 0 spiro atoms. The predicted octanol–water partition coefficient (Wildman–Crippen LogP) is 3.72. The number of aromatic amines is 1. The van der Waals surface area contributed by atoms with E-state index in [0.29, 0.717) is 27.5 Å². The van der Waals surface area contributed by atoms with Crippen LogP contribution in [0.2, 0.25) is 5.02 Å². The summed E-state index contributed by atoms with van der Waals surface area (Å²) in [6, 6.07) is 5.33. The Labute approximate surface area is 138 Å². The van der Waals surface area contributed by atoms with Gasteiger partial charge in [-0.15, -0.1) is 0 Å². The molecule has 0 atom stereocenters. The molecule has 0 unspecified atom stereocenters. The summed E-state index contributed by atoms with van der Waals surface area (Å²) in [5, 5.41) is 13.2. The second-order valence-electron chi connectivity index (χ2n) is 4.41. The van der Waals surface area contributed by atoms with Gasteiger partial charge < -0.3 is 15.0 Å². The first-order valence-corrected chi connectivity index (χ1v) is 7.31. The maximum absolute atomic E-state index is 11.5. The van der Waals surface area contributed by atoms with Crippen molar-refractivity contribution in [2.45, 2.75) is 0 Å². The highest BCUT2D eigenvalue weighted by molar-refractivity contribution is 9.10. The maximum atomic E-state index is 11.5. The molecule has 3 rings (SSSR count). The predicted molar refractivity (Wildman–Crippen MR) is 86.1 cm³/mol. The summed E-state index contributed by atoms with van der Waals surface area (Å²) >= 11 is 9.50. The van der Waals surface area contributed by atoms with Gasteiger partial charge in [0.25, 0.3) is 0 Å². The van der Waals surface area contributed by atoms with E-state index in [4.69, 9.17) is 16.3 Å². The van der Waals surface area contributed by atoms with Crippen LogP contribution in [0.25, 0.3) is 21.9 Å². The highest BCUT2D eigenvalue weighted by Gasteiger charge is 2.19. The highest BCUT2D eigenvalue weighted by atomic mass is 79.9. The van der Waals surface area contributed by atoms with Crippen LogP contribution >= 0.6 is 27.5 Å². The Hall–Kier alpha value is -2.30. The summed E-state index contributed by atoms with van der Waals surface area (Å²) in [5.74, 6) is 0.229. The maximum Gasteiger partial charge on any atom is 0.412 e. The normalized spacial score (nSPS) is 10.6. The first-order valence-electron chi connectivity index (χ1n) is 6.14. The standard InChI is InChI=1S/C14H8BrClN4O2/c1-18-14(21)22-10-3-9(16)8(4-17)11-7-2-6(15)5-19-13(7)20-12(10)11/h2-3,5H,1H3,(H,18,21)(H,19,20). The number of rotatable bonds is 1. The SMILES string of the molecule is CNC(=O)Oc1cc(Cl)c(C#N)c2c1[nH]c1ncc(Br)cc12. The van der Waals surface area contributed by atoms with Gasteiger partial charge in [0.1, 0.15) is 11.7 Å². The molecule has 2 aromatic heterocycles. The first kappa shape index (κ1) is 14.6. The monoisotopic (exact) mass is 378 g/mol.